The zero-order valence-corrected chi connectivity index (χ0v) is 12.1. The molecule has 0 unspecified atom stereocenters. The van der Waals surface area contributed by atoms with Crippen molar-refractivity contribution >= 4 is 28.9 Å². The molecular formula is C16H15ClN2O. The van der Waals surface area contributed by atoms with Crippen molar-refractivity contribution in [1.29, 1.82) is 0 Å². The van der Waals surface area contributed by atoms with Gasteiger partial charge in [0, 0.05) is 5.69 Å². The second kappa shape index (κ2) is 4.53. The van der Waals surface area contributed by atoms with Gasteiger partial charge in [0.05, 0.1) is 16.3 Å². The number of carbonyl (C=O) groups excluding carboxylic acids is 1. The number of halogens is 1. The molecule has 0 atom stereocenters. The molecule has 0 bridgehead atoms. The molecule has 1 heterocycles. The van der Waals surface area contributed by atoms with Crippen LogP contribution >= 0.6 is 11.6 Å². The Morgan fingerprint density at radius 1 is 1.05 bits per heavy atom. The first-order chi connectivity index (χ1) is 9.50. The SMILES string of the molecule is CC1(C)Nc2ccccc2C(=O)N1c1ccccc1Cl. The van der Waals surface area contributed by atoms with Crippen molar-refractivity contribution in [2.45, 2.75) is 19.5 Å². The van der Waals surface area contributed by atoms with Crippen molar-refractivity contribution in [1.82, 2.24) is 0 Å². The number of carbonyl (C=O) groups is 1. The average Bonchev–Trinajstić information content (AvgIpc) is 2.40. The third-order valence-corrected chi connectivity index (χ3v) is 3.77. The van der Waals surface area contributed by atoms with Gasteiger partial charge in [-0.05, 0) is 38.1 Å². The first-order valence-electron chi connectivity index (χ1n) is 6.47. The maximum Gasteiger partial charge on any atom is 0.262 e. The van der Waals surface area contributed by atoms with E-state index in [-0.39, 0.29) is 5.91 Å². The maximum atomic E-state index is 12.8. The van der Waals surface area contributed by atoms with E-state index in [1.165, 1.54) is 0 Å². The highest BCUT2D eigenvalue weighted by molar-refractivity contribution is 6.34. The van der Waals surface area contributed by atoms with Crippen LogP contribution in [0.25, 0.3) is 0 Å². The number of fused-ring (bicyclic) bond motifs is 1. The number of para-hydroxylation sites is 2. The van der Waals surface area contributed by atoms with Gasteiger partial charge in [0.1, 0.15) is 5.66 Å². The molecule has 1 amide bonds. The topological polar surface area (TPSA) is 32.3 Å². The van der Waals surface area contributed by atoms with Crippen LogP contribution in [-0.2, 0) is 0 Å². The Morgan fingerprint density at radius 2 is 1.70 bits per heavy atom. The molecule has 0 saturated carbocycles. The van der Waals surface area contributed by atoms with Gasteiger partial charge in [0.25, 0.3) is 5.91 Å². The standard InChI is InChI=1S/C16H15ClN2O/c1-16(2)18-13-9-5-3-7-11(13)15(20)19(16)14-10-6-4-8-12(14)17/h3-10,18H,1-2H3. The molecule has 3 nitrogen and oxygen atoms in total. The zero-order chi connectivity index (χ0) is 14.3. The Morgan fingerprint density at radius 3 is 2.45 bits per heavy atom. The molecule has 4 heteroatoms. The smallest absolute Gasteiger partial charge is 0.262 e. The lowest BCUT2D eigenvalue weighted by molar-refractivity contribution is 0.0961. The van der Waals surface area contributed by atoms with E-state index in [0.717, 1.165) is 5.69 Å². The summed E-state index contributed by atoms with van der Waals surface area (Å²) in [5.74, 6) is -0.0440. The van der Waals surface area contributed by atoms with Crippen LogP contribution in [0, 0.1) is 0 Å². The van der Waals surface area contributed by atoms with Crippen molar-refractivity contribution in [2.24, 2.45) is 0 Å². The molecule has 2 aromatic carbocycles. The van der Waals surface area contributed by atoms with E-state index in [1.54, 1.807) is 11.0 Å². The normalized spacial score (nSPS) is 16.6. The summed E-state index contributed by atoms with van der Waals surface area (Å²) in [6.07, 6.45) is 0. The summed E-state index contributed by atoms with van der Waals surface area (Å²) in [4.78, 5) is 14.5. The minimum Gasteiger partial charge on any atom is -0.362 e. The van der Waals surface area contributed by atoms with Crippen LogP contribution in [0.3, 0.4) is 0 Å². The highest BCUT2D eigenvalue weighted by atomic mass is 35.5. The molecule has 0 fully saturated rings. The number of nitrogens with zero attached hydrogens (tertiary/aromatic N) is 1. The minimum absolute atomic E-state index is 0.0440. The van der Waals surface area contributed by atoms with E-state index in [2.05, 4.69) is 5.32 Å². The number of amides is 1. The third-order valence-electron chi connectivity index (χ3n) is 3.45. The van der Waals surface area contributed by atoms with E-state index in [9.17, 15) is 4.79 Å². The molecule has 0 radical (unpaired) electrons. The van der Waals surface area contributed by atoms with Crippen molar-refractivity contribution in [3.8, 4) is 0 Å². The monoisotopic (exact) mass is 286 g/mol. The van der Waals surface area contributed by atoms with Gasteiger partial charge in [0.2, 0.25) is 0 Å². The van der Waals surface area contributed by atoms with Gasteiger partial charge in [-0.1, -0.05) is 35.9 Å². The molecule has 3 rings (SSSR count). The predicted molar refractivity (Wildman–Crippen MR) is 82.4 cm³/mol. The Kier molecular flexibility index (Phi) is 2.94. The number of rotatable bonds is 1. The summed E-state index contributed by atoms with van der Waals surface area (Å²) >= 11 is 6.26. The molecule has 1 N–H and O–H groups in total. The largest absolute Gasteiger partial charge is 0.362 e. The van der Waals surface area contributed by atoms with E-state index in [1.807, 2.05) is 56.3 Å². The Labute approximate surface area is 123 Å². The van der Waals surface area contributed by atoms with Gasteiger partial charge >= 0.3 is 0 Å². The third kappa shape index (κ3) is 1.95. The number of benzene rings is 2. The lowest BCUT2D eigenvalue weighted by atomic mass is 10.0. The Balaban J connectivity index is 2.17. The summed E-state index contributed by atoms with van der Waals surface area (Å²) in [5.41, 5.74) is 1.68. The van der Waals surface area contributed by atoms with Crippen LogP contribution in [0.15, 0.2) is 48.5 Å². The van der Waals surface area contributed by atoms with Crippen LogP contribution in [0.4, 0.5) is 11.4 Å². The summed E-state index contributed by atoms with van der Waals surface area (Å²) in [5, 5.41) is 3.95. The predicted octanol–water partition coefficient (Wildman–Crippen LogP) is 4.15. The highest BCUT2D eigenvalue weighted by Gasteiger charge is 2.39. The van der Waals surface area contributed by atoms with E-state index in [0.29, 0.717) is 16.3 Å². The van der Waals surface area contributed by atoms with E-state index < -0.39 is 5.66 Å². The van der Waals surface area contributed by atoms with Crippen LogP contribution in [0.1, 0.15) is 24.2 Å². The van der Waals surface area contributed by atoms with E-state index in [4.69, 9.17) is 11.6 Å². The molecule has 1 aliphatic heterocycles. The van der Waals surface area contributed by atoms with Gasteiger partial charge in [0.15, 0.2) is 0 Å². The lowest BCUT2D eigenvalue weighted by Gasteiger charge is -2.44. The number of nitrogens with one attached hydrogen (secondary N) is 1. The van der Waals surface area contributed by atoms with Crippen LogP contribution in [0.2, 0.25) is 5.02 Å². The van der Waals surface area contributed by atoms with Gasteiger partial charge in [-0.3, -0.25) is 9.69 Å². The van der Waals surface area contributed by atoms with Crippen LogP contribution in [0.5, 0.6) is 0 Å². The molecule has 0 spiro atoms. The molecule has 0 saturated heterocycles. The molecule has 102 valence electrons. The van der Waals surface area contributed by atoms with Gasteiger partial charge in [-0.15, -0.1) is 0 Å². The lowest BCUT2D eigenvalue weighted by Crippen LogP contribution is -2.56. The zero-order valence-electron chi connectivity index (χ0n) is 11.4. The fourth-order valence-electron chi connectivity index (χ4n) is 2.58. The first kappa shape index (κ1) is 13.0. The van der Waals surface area contributed by atoms with Gasteiger partial charge < -0.3 is 5.32 Å². The Bertz CT molecular complexity index is 682. The van der Waals surface area contributed by atoms with Crippen molar-refractivity contribution < 1.29 is 4.79 Å². The number of hydrogen-bond acceptors (Lipinski definition) is 2. The summed E-state index contributed by atoms with van der Waals surface area (Å²) in [6, 6.07) is 14.9. The minimum atomic E-state index is -0.545. The average molecular weight is 287 g/mol. The molecule has 0 aliphatic carbocycles. The molecular weight excluding hydrogens is 272 g/mol. The second-order valence-corrected chi connectivity index (χ2v) is 5.73. The van der Waals surface area contributed by atoms with Gasteiger partial charge in [-0.2, -0.15) is 0 Å². The highest BCUT2D eigenvalue weighted by Crippen LogP contribution is 2.37. The fraction of sp³-hybridized carbons (Fsp3) is 0.188. The molecule has 2 aromatic rings. The first-order valence-corrected chi connectivity index (χ1v) is 6.85. The van der Waals surface area contributed by atoms with E-state index >= 15 is 0 Å². The Hall–Kier alpha value is -2.00. The summed E-state index contributed by atoms with van der Waals surface area (Å²) < 4.78 is 0. The number of hydrogen-bond donors (Lipinski definition) is 1. The van der Waals surface area contributed by atoms with Crippen LogP contribution in [-0.4, -0.2) is 11.6 Å². The molecule has 20 heavy (non-hydrogen) atoms. The summed E-state index contributed by atoms with van der Waals surface area (Å²) in [7, 11) is 0. The van der Waals surface area contributed by atoms with Crippen LogP contribution < -0.4 is 10.2 Å². The second-order valence-electron chi connectivity index (χ2n) is 5.32. The number of anilines is 2. The van der Waals surface area contributed by atoms with Crippen molar-refractivity contribution in [3.63, 3.8) is 0 Å². The quantitative estimate of drug-likeness (QED) is 0.854. The van der Waals surface area contributed by atoms with Crippen molar-refractivity contribution in [2.75, 3.05) is 10.2 Å². The van der Waals surface area contributed by atoms with Crippen molar-refractivity contribution in [3.05, 3.63) is 59.1 Å². The van der Waals surface area contributed by atoms with Gasteiger partial charge in [-0.25, -0.2) is 0 Å². The molecule has 0 aromatic heterocycles. The molecule has 1 aliphatic rings. The summed E-state index contributed by atoms with van der Waals surface area (Å²) in [6.45, 7) is 3.92. The maximum absolute atomic E-state index is 12.8. The fourth-order valence-corrected chi connectivity index (χ4v) is 2.80.